The zero-order chi connectivity index (χ0) is 21.8. The number of benzene rings is 2. The largest absolute Gasteiger partial charge is 0.348 e. The fourth-order valence-electron chi connectivity index (χ4n) is 3.76. The number of rotatable bonds is 8. The first-order valence-corrected chi connectivity index (χ1v) is 12.7. The minimum atomic E-state index is -3.73. The number of likely N-dealkylation sites (tertiary alicyclic amines) is 1. The topological polar surface area (TPSA) is 78.5 Å². The molecule has 1 aliphatic carbocycles. The molecule has 1 heterocycles. The second-order valence-corrected chi connectivity index (χ2v) is 10.5. The number of hydrogen-bond acceptors (Lipinski definition) is 4. The summed E-state index contributed by atoms with van der Waals surface area (Å²) in [5.74, 6) is -0.336. The van der Waals surface area contributed by atoms with Crippen LogP contribution in [0.25, 0.3) is 0 Å². The van der Waals surface area contributed by atoms with E-state index in [0.29, 0.717) is 6.54 Å². The van der Waals surface area contributed by atoms with Crippen LogP contribution in [0.5, 0.6) is 0 Å². The van der Waals surface area contributed by atoms with Crippen molar-refractivity contribution in [3.63, 3.8) is 0 Å². The lowest BCUT2D eigenvalue weighted by atomic mass is 10.1. The highest BCUT2D eigenvalue weighted by atomic mass is 35.5. The molecular formula is C23H28ClN3O3S. The first kappa shape index (κ1) is 22.3. The van der Waals surface area contributed by atoms with Gasteiger partial charge in [0.25, 0.3) is 5.91 Å². The van der Waals surface area contributed by atoms with Crippen LogP contribution in [0.1, 0.15) is 53.6 Å². The summed E-state index contributed by atoms with van der Waals surface area (Å²) in [5, 5.41) is 2.97. The van der Waals surface area contributed by atoms with E-state index in [-0.39, 0.29) is 27.4 Å². The van der Waals surface area contributed by atoms with Gasteiger partial charge in [0.15, 0.2) is 0 Å². The maximum atomic E-state index is 12.6. The van der Waals surface area contributed by atoms with E-state index in [1.807, 2.05) is 12.1 Å². The van der Waals surface area contributed by atoms with Gasteiger partial charge in [-0.1, -0.05) is 42.3 Å². The molecule has 0 spiro atoms. The monoisotopic (exact) mass is 461 g/mol. The molecule has 1 saturated carbocycles. The van der Waals surface area contributed by atoms with Gasteiger partial charge in [-0.2, -0.15) is 0 Å². The van der Waals surface area contributed by atoms with Crippen molar-refractivity contribution >= 4 is 27.5 Å². The summed E-state index contributed by atoms with van der Waals surface area (Å²) in [6.07, 6.45) is 5.53. The van der Waals surface area contributed by atoms with Crippen LogP contribution in [-0.4, -0.2) is 38.4 Å². The summed E-state index contributed by atoms with van der Waals surface area (Å²) in [6, 6.07) is 12.6. The van der Waals surface area contributed by atoms with Gasteiger partial charge in [-0.25, -0.2) is 13.1 Å². The van der Waals surface area contributed by atoms with E-state index in [2.05, 4.69) is 27.1 Å². The van der Waals surface area contributed by atoms with Gasteiger partial charge in [-0.3, -0.25) is 9.69 Å². The molecule has 2 aromatic rings. The molecule has 2 aliphatic rings. The smallest absolute Gasteiger partial charge is 0.251 e. The van der Waals surface area contributed by atoms with Crippen molar-refractivity contribution in [1.82, 2.24) is 14.9 Å². The normalized spacial score (nSPS) is 17.5. The Hall–Kier alpha value is -1.93. The number of halogens is 1. The van der Waals surface area contributed by atoms with Gasteiger partial charge in [-0.05, 0) is 68.1 Å². The molecule has 0 atom stereocenters. The maximum absolute atomic E-state index is 12.6. The number of nitrogens with zero attached hydrogens (tertiary/aromatic N) is 1. The lowest BCUT2D eigenvalue weighted by Gasteiger charge is -2.26. The molecule has 166 valence electrons. The molecule has 4 rings (SSSR count). The van der Waals surface area contributed by atoms with Crippen LogP contribution in [0.15, 0.2) is 47.4 Å². The molecule has 31 heavy (non-hydrogen) atoms. The van der Waals surface area contributed by atoms with E-state index in [4.69, 9.17) is 11.6 Å². The van der Waals surface area contributed by atoms with Gasteiger partial charge in [0, 0.05) is 24.7 Å². The number of nitrogens with one attached hydrogen (secondary N) is 2. The molecule has 0 radical (unpaired) electrons. The summed E-state index contributed by atoms with van der Waals surface area (Å²) in [7, 11) is -3.73. The first-order valence-electron chi connectivity index (χ1n) is 10.8. The van der Waals surface area contributed by atoms with Crippen molar-refractivity contribution in [2.75, 3.05) is 13.1 Å². The van der Waals surface area contributed by atoms with Crippen molar-refractivity contribution in [3.8, 4) is 0 Å². The lowest BCUT2D eigenvalue weighted by molar-refractivity contribution is 0.0950. The molecule has 2 fully saturated rings. The highest BCUT2D eigenvalue weighted by Gasteiger charge is 2.29. The van der Waals surface area contributed by atoms with Crippen LogP contribution >= 0.6 is 11.6 Å². The minimum Gasteiger partial charge on any atom is -0.348 e. The van der Waals surface area contributed by atoms with Crippen molar-refractivity contribution in [1.29, 1.82) is 0 Å². The Balaban J connectivity index is 1.35. The van der Waals surface area contributed by atoms with Crippen LogP contribution in [0.2, 0.25) is 5.02 Å². The molecule has 8 heteroatoms. The predicted octanol–water partition coefficient (Wildman–Crippen LogP) is 3.70. The Morgan fingerprint density at radius 3 is 2.35 bits per heavy atom. The molecule has 1 saturated heterocycles. The molecule has 0 bridgehead atoms. The molecule has 0 unspecified atom stereocenters. The predicted molar refractivity (Wildman–Crippen MR) is 122 cm³/mol. The second-order valence-electron chi connectivity index (χ2n) is 8.38. The van der Waals surface area contributed by atoms with E-state index in [1.165, 1.54) is 43.0 Å². The van der Waals surface area contributed by atoms with Gasteiger partial charge in [-0.15, -0.1) is 0 Å². The molecule has 1 amide bonds. The van der Waals surface area contributed by atoms with Crippen LogP contribution in [0, 0.1) is 0 Å². The van der Waals surface area contributed by atoms with Gasteiger partial charge >= 0.3 is 0 Å². The fourth-order valence-corrected chi connectivity index (χ4v) is 5.59. The van der Waals surface area contributed by atoms with Crippen molar-refractivity contribution < 1.29 is 13.2 Å². The van der Waals surface area contributed by atoms with Crippen LogP contribution in [0.3, 0.4) is 0 Å². The molecule has 2 N–H and O–H groups in total. The summed E-state index contributed by atoms with van der Waals surface area (Å²) < 4.78 is 27.6. The summed E-state index contributed by atoms with van der Waals surface area (Å²) >= 11 is 6.09. The van der Waals surface area contributed by atoms with E-state index >= 15 is 0 Å². The second kappa shape index (κ2) is 9.69. The molecule has 6 nitrogen and oxygen atoms in total. The number of carbonyl (C=O) groups is 1. The van der Waals surface area contributed by atoms with Crippen molar-refractivity contribution in [3.05, 3.63) is 64.2 Å². The Morgan fingerprint density at radius 2 is 1.68 bits per heavy atom. The number of hydrogen-bond donors (Lipinski definition) is 2. The van der Waals surface area contributed by atoms with Crippen LogP contribution in [-0.2, 0) is 23.1 Å². The standard InChI is InChI=1S/C23H28ClN3O3S/c24-21-11-8-19(14-22(21)31(29,30)26-20-9-10-20)23(28)25-15-17-4-6-18(7-5-17)16-27-12-2-1-3-13-27/h4-8,11,14,20,26H,1-3,9-10,12-13,15-16H2,(H,25,28). The van der Waals surface area contributed by atoms with Gasteiger partial charge in [0.1, 0.15) is 4.90 Å². The molecule has 1 aliphatic heterocycles. The minimum absolute atomic E-state index is 0.0311. The number of piperidine rings is 1. The van der Waals surface area contributed by atoms with Crippen LogP contribution in [0.4, 0.5) is 0 Å². The average Bonchev–Trinajstić information content (AvgIpc) is 3.57. The van der Waals surface area contributed by atoms with E-state index in [0.717, 1.165) is 38.0 Å². The quantitative estimate of drug-likeness (QED) is 0.628. The summed E-state index contributed by atoms with van der Waals surface area (Å²) in [5.41, 5.74) is 2.53. The maximum Gasteiger partial charge on any atom is 0.251 e. The first-order chi connectivity index (χ1) is 14.9. The highest BCUT2D eigenvalue weighted by molar-refractivity contribution is 7.89. The van der Waals surface area contributed by atoms with Gasteiger partial charge < -0.3 is 5.32 Å². The lowest BCUT2D eigenvalue weighted by Crippen LogP contribution is -2.29. The third-order valence-electron chi connectivity index (χ3n) is 5.71. The van der Waals surface area contributed by atoms with E-state index in [1.54, 1.807) is 0 Å². The van der Waals surface area contributed by atoms with Gasteiger partial charge in [0.05, 0.1) is 5.02 Å². The number of amides is 1. The molecule has 2 aromatic carbocycles. The zero-order valence-electron chi connectivity index (χ0n) is 17.4. The third kappa shape index (κ3) is 6.07. The van der Waals surface area contributed by atoms with E-state index in [9.17, 15) is 13.2 Å². The summed E-state index contributed by atoms with van der Waals surface area (Å²) in [4.78, 5) is 15.0. The average molecular weight is 462 g/mol. The Morgan fingerprint density at radius 1 is 1.00 bits per heavy atom. The molecular weight excluding hydrogens is 434 g/mol. The number of carbonyl (C=O) groups excluding carboxylic acids is 1. The SMILES string of the molecule is O=C(NCc1ccc(CN2CCCCC2)cc1)c1ccc(Cl)c(S(=O)(=O)NC2CC2)c1. The number of sulfonamides is 1. The zero-order valence-corrected chi connectivity index (χ0v) is 19.0. The van der Waals surface area contributed by atoms with Crippen LogP contribution < -0.4 is 10.0 Å². The Kier molecular flexibility index (Phi) is 6.96. The van der Waals surface area contributed by atoms with Crippen molar-refractivity contribution in [2.45, 2.75) is 56.1 Å². The molecule has 0 aromatic heterocycles. The summed E-state index contributed by atoms with van der Waals surface area (Å²) in [6.45, 7) is 3.65. The third-order valence-corrected chi connectivity index (χ3v) is 7.72. The van der Waals surface area contributed by atoms with E-state index < -0.39 is 10.0 Å². The Labute approximate surface area is 189 Å². The fraction of sp³-hybridized carbons (Fsp3) is 0.435. The highest BCUT2D eigenvalue weighted by Crippen LogP contribution is 2.27. The Bertz CT molecular complexity index is 1030. The van der Waals surface area contributed by atoms with Crippen molar-refractivity contribution in [2.24, 2.45) is 0 Å². The van der Waals surface area contributed by atoms with Gasteiger partial charge in [0.2, 0.25) is 10.0 Å².